The molecule has 10 heteroatoms. The fourth-order valence-electron chi connectivity index (χ4n) is 3.47. The van der Waals surface area contributed by atoms with Crippen LogP contribution in [0.25, 0.3) is 6.08 Å². The Balaban J connectivity index is 1.89. The summed E-state index contributed by atoms with van der Waals surface area (Å²) in [7, 11) is 1.48. The van der Waals surface area contributed by atoms with E-state index in [1.54, 1.807) is 42.5 Å². The van der Waals surface area contributed by atoms with Crippen LogP contribution in [0.5, 0.6) is 11.5 Å². The van der Waals surface area contributed by atoms with Crippen LogP contribution in [-0.2, 0) is 25.7 Å². The highest BCUT2D eigenvalue weighted by atomic mass is 35.5. The van der Waals surface area contributed by atoms with Gasteiger partial charge in [0, 0.05) is 28.1 Å². The number of halogens is 2. The van der Waals surface area contributed by atoms with Crippen molar-refractivity contribution in [2.75, 3.05) is 20.3 Å². The molecule has 0 radical (unpaired) electrons. The van der Waals surface area contributed by atoms with Crippen molar-refractivity contribution < 1.29 is 28.6 Å². The van der Waals surface area contributed by atoms with Crippen molar-refractivity contribution in [1.29, 1.82) is 5.26 Å². The molecule has 3 rings (SSSR count). The minimum absolute atomic E-state index is 0.157. The predicted octanol–water partition coefficient (Wildman–Crippen LogP) is 4.74. The quantitative estimate of drug-likeness (QED) is 0.276. The standard InChI is InChI=1S/C26H22Cl2N2O6/c1-15-20(25(32)30(8-9-35-16(2)31)26(33)21(15)13-29)10-17-4-7-23(24(11-17)34-3)36-14-18-5-6-19(27)12-22(18)28/h4-7,10-12H,8-9,14H2,1-3H3/b20-10+. The topological polar surface area (TPSA) is 106 Å². The monoisotopic (exact) mass is 528 g/mol. The Hall–Kier alpha value is -3.80. The molecule has 8 nitrogen and oxygen atoms in total. The van der Waals surface area contributed by atoms with Gasteiger partial charge in [-0.3, -0.25) is 19.3 Å². The zero-order chi connectivity index (χ0) is 26.4. The lowest BCUT2D eigenvalue weighted by Gasteiger charge is -2.27. The number of nitrogens with zero attached hydrogens (tertiary/aromatic N) is 2. The zero-order valence-corrected chi connectivity index (χ0v) is 21.3. The summed E-state index contributed by atoms with van der Waals surface area (Å²) in [6, 6.07) is 12.0. The maximum Gasteiger partial charge on any atom is 0.302 e. The Morgan fingerprint density at radius 1 is 1.11 bits per heavy atom. The number of benzene rings is 2. The molecule has 2 aromatic carbocycles. The molecule has 1 heterocycles. The lowest BCUT2D eigenvalue weighted by atomic mass is 9.93. The van der Waals surface area contributed by atoms with Gasteiger partial charge in [-0.25, -0.2) is 0 Å². The van der Waals surface area contributed by atoms with Crippen molar-refractivity contribution >= 4 is 47.1 Å². The van der Waals surface area contributed by atoms with E-state index in [4.69, 9.17) is 37.4 Å². The van der Waals surface area contributed by atoms with Crippen LogP contribution in [0, 0.1) is 11.3 Å². The number of rotatable bonds is 8. The highest BCUT2D eigenvalue weighted by molar-refractivity contribution is 6.35. The number of amides is 2. The first-order chi connectivity index (χ1) is 17.2. The second-order valence-electron chi connectivity index (χ2n) is 7.71. The maximum atomic E-state index is 13.1. The molecule has 2 aromatic rings. The number of carbonyl (C=O) groups is 3. The number of methoxy groups -OCH3 is 1. The third-order valence-electron chi connectivity index (χ3n) is 5.34. The van der Waals surface area contributed by atoms with E-state index < -0.39 is 17.8 Å². The number of ether oxygens (including phenoxy) is 3. The number of nitriles is 1. The minimum atomic E-state index is -0.730. The predicted molar refractivity (Wildman–Crippen MR) is 133 cm³/mol. The molecule has 0 bridgehead atoms. The van der Waals surface area contributed by atoms with Gasteiger partial charge in [0.05, 0.1) is 13.7 Å². The molecule has 0 N–H and O–H groups in total. The summed E-state index contributed by atoms with van der Waals surface area (Å²) in [6.07, 6.45) is 1.56. The molecular weight excluding hydrogens is 507 g/mol. The number of carbonyl (C=O) groups excluding carboxylic acids is 3. The molecule has 186 valence electrons. The number of imide groups is 1. The van der Waals surface area contributed by atoms with Crippen LogP contribution in [0.1, 0.15) is 25.0 Å². The molecule has 0 aliphatic carbocycles. The smallest absolute Gasteiger partial charge is 0.302 e. The van der Waals surface area contributed by atoms with Crippen molar-refractivity contribution in [3.05, 3.63) is 74.3 Å². The van der Waals surface area contributed by atoms with Gasteiger partial charge in [-0.15, -0.1) is 0 Å². The van der Waals surface area contributed by atoms with Gasteiger partial charge in [-0.05, 0) is 48.4 Å². The highest BCUT2D eigenvalue weighted by Crippen LogP contribution is 2.33. The Labute approximate surface area is 218 Å². The summed E-state index contributed by atoms with van der Waals surface area (Å²) in [5.41, 5.74) is 1.59. The Morgan fingerprint density at radius 3 is 2.50 bits per heavy atom. The van der Waals surface area contributed by atoms with Crippen molar-refractivity contribution in [3.8, 4) is 17.6 Å². The fraction of sp³-hybridized carbons (Fsp3) is 0.231. The molecule has 0 fully saturated rings. The van der Waals surface area contributed by atoms with Gasteiger partial charge in [0.25, 0.3) is 11.8 Å². The minimum Gasteiger partial charge on any atom is -0.493 e. The molecular formula is C26H22Cl2N2O6. The van der Waals surface area contributed by atoms with E-state index in [1.807, 2.05) is 6.07 Å². The third-order valence-corrected chi connectivity index (χ3v) is 5.93. The normalized spacial score (nSPS) is 14.7. The fourth-order valence-corrected chi connectivity index (χ4v) is 3.93. The van der Waals surface area contributed by atoms with Crippen molar-refractivity contribution in [2.24, 2.45) is 0 Å². The summed E-state index contributed by atoms with van der Waals surface area (Å²) >= 11 is 12.1. The summed E-state index contributed by atoms with van der Waals surface area (Å²) in [6.45, 7) is 2.60. The van der Waals surface area contributed by atoms with E-state index in [2.05, 4.69) is 0 Å². The summed E-state index contributed by atoms with van der Waals surface area (Å²) < 4.78 is 16.2. The molecule has 1 aliphatic heterocycles. The molecule has 2 amide bonds. The Kier molecular flexibility index (Phi) is 8.75. The third kappa shape index (κ3) is 6.06. The van der Waals surface area contributed by atoms with Crippen LogP contribution in [-0.4, -0.2) is 42.9 Å². The van der Waals surface area contributed by atoms with Gasteiger partial charge in [-0.2, -0.15) is 5.26 Å². The molecule has 0 aromatic heterocycles. The summed E-state index contributed by atoms with van der Waals surface area (Å²) in [5.74, 6) is -1.01. The van der Waals surface area contributed by atoms with Crippen molar-refractivity contribution in [2.45, 2.75) is 20.5 Å². The number of hydrogen-bond donors (Lipinski definition) is 0. The first kappa shape index (κ1) is 26.8. The lowest BCUT2D eigenvalue weighted by molar-refractivity contribution is -0.147. The Bertz CT molecular complexity index is 1330. The van der Waals surface area contributed by atoms with Gasteiger partial charge >= 0.3 is 5.97 Å². The second-order valence-corrected chi connectivity index (χ2v) is 8.55. The average molecular weight is 529 g/mol. The van der Waals surface area contributed by atoms with E-state index in [0.29, 0.717) is 27.1 Å². The second kappa shape index (κ2) is 11.8. The molecule has 1 aliphatic rings. The average Bonchev–Trinajstić information content (AvgIpc) is 2.84. The van der Waals surface area contributed by atoms with E-state index in [-0.39, 0.29) is 36.5 Å². The van der Waals surface area contributed by atoms with E-state index in [9.17, 15) is 19.6 Å². The van der Waals surface area contributed by atoms with Gasteiger partial charge in [0.15, 0.2) is 11.5 Å². The zero-order valence-electron chi connectivity index (χ0n) is 19.8. The SMILES string of the molecule is COc1cc(/C=C2/C(=O)N(CCOC(C)=O)C(=O)C(C#N)=C2C)ccc1OCc1ccc(Cl)cc1Cl. The molecule has 36 heavy (non-hydrogen) atoms. The molecule has 0 saturated heterocycles. The van der Waals surface area contributed by atoms with E-state index >= 15 is 0 Å². The molecule has 0 spiro atoms. The van der Waals surface area contributed by atoms with Crippen LogP contribution in [0.15, 0.2) is 53.1 Å². The lowest BCUT2D eigenvalue weighted by Crippen LogP contribution is -2.44. The maximum absolute atomic E-state index is 13.1. The number of esters is 1. The van der Waals surface area contributed by atoms with Gasteiger partial charge < -0.3 is 14.2 Å². The van der Waals surface area contributed by atoms with Gasteiger partial charge in [0.1, 0.15) is 24.9 Å². The van der Waals surface area contributed by atoms with Crippen LogP contribution in [0.3, 0.4) is 0 Å². The number of hydrogen-bond acceptors (Lipinski definition) is 7. The van der Waals surface area contributed by atoms with Crippen molar-refractivity contribution in [1.82, 2.24) is 4.90 Å². The highest BCUT2D eigenvalue weighted by Gasteiger charge is 2.35. The molecule has 0 saturated carbocycles. The van der Waals surface area contributed by atoms with E-state index in [1.165, 1.54) is 21.0 Å². The summed E-state index contributed by atoms with van der Waals surface area (Å²) in [4.78, 5) is 37.7. The Morgan fingerprint density at radius 2 is 1.86 bits per heavy atom. The van der Waals surface area contributed by atoms with Crippen molar-refractivity contribution in [3.63, 3.8) is 0 Å². The van der Waals surface area contributed by atoms with Crippen LogP contribution < -0.4 is 9.47 Å². The largest absolute Gasteiger partial charge is 0.493 e. The van der Waals surface area contributed by atoms with E-state index in [0.717, 1.165) is 10.5 Å². The van der Waals surface area contributed by atoms with Crippen LogP contribution in [0.2, 0.25) is 10.0 Å². The first-order valence-corrected chi connectivity index (χ1v) is 11.5. The van der Waals surface area contributed by atoms with Gasteiger partial charge in [-0.1, -0.05) is 35.3 Å². The molecule has 0 unspecified atom stereocenters. The van der Waals surface area contributed by atoms with Crippen LogP contribution >= 0.6 is 23.2 Å². The summed E-state index contributed by atoms with van der Waals surface area (Å²) in [5, 5.41) is 10.5. The van der Waals surface area contributed by atoms with Crippen LogP contribution in [0.4, 0.5) is 0 Å². The first-order valence-electron chi connectivity index (χ1n) is 10.7. The van der Waals surface area contributed by atoms with Gasteiger partial charge in [0.2, 0.25) is 0 Å². The molecule has 0 atom stereocenters.